The highest BCUT2D eigenvalue weighted by Gasteiger charge is 2.27. The summed E-state index contributed by atoms with van der Waals surface area (Å²) in [5.74, 6) is -0.437. The first-order valence-electron chi connectivity index (χ1n) is 10.3. The average molecular weight is 391 g/mol. The maximum atomic E-state index is 12.2. The molecule has 1 aliphatic rings. The molecule has 1 rings (SSSR count). The molecule has 156 valence electrons. The molecule has 0 fully saturated rings. The van der Waals surface area contributed by atoms with Crippen molar-refractivity contribution in [1.29, 1.82) is 0 Å². The summed E-state index contributed by atoms with van der Waals surface area (Å²) in [7, 11) is 1.39. The Morgan fingerprint density at radius 1 is 1.21 bits per heavy atom. The van der Waals surface area contributed by atoms with Gasteiger partial charge in [-0.1, -0.05) is 44.1 Å². The Kier molecular flexibility index (Phi) is 11.9. The molecule has 0 N–H and O–H groups in total. The van der Waals surface area contributed by atoms with Crippen LogP contribution in [0.4, 0.5) is 0 Å². The molecule has 0 saturated carbocycles. The third-order valence-corrected chi connectivity index (χ3v) is 4.81. The third kappa shape index (κ3) is 9.67. The molecule has 0 saturated heterocycles. The molecule has 0 radical (unpaired) electrons. The molecule has 0 aromatic carbocycles. The summed E-state index contributed by atoms with van der Waals surface area (Å²) in [5.41, 5.74) is 0. The van der Waals surface area contributed by atoms with Crippen molar-refractivity contribution in [2.45, 2.75) is 71.3 Å². The lowest BCUT2D eigenvalue weighted by molar-refractivity contribution is -0.144. The largest absolute Gasteiger partial charge is 0.469 e. The molecule has 1 aliphatic carbocycles. The van der Waals surface area contributed by atoms with Crippen LogP contribution in [0, 0.1) is 11.8 Å². The smallest absolute Gasteiger partial charge is 0.305 e. The molecule has 0 aromatic heterocycles. The highest BCUT2D eigenvalue weighted by molar-refractivity contribution is 5.95. The van der Waals surface area contributed by atoms with Gasteiger partial charge in [-0.05, 0) is 44.3 Å². The summed E-state index contributed by atoms with van der Waals surface area (Å²) < 4.78 is 10.00. The Morgan fingerprint density at radius 2 is 2.00 bits per heavy atom. The van der Waals surface area contributed by atoms with Crippen LogP contribution in [0.5, 0.6) is 0 Å². The number of allylic oxidation sites excluding steroid dienone is 5. The Bertz CT molecular complexity index is 588. The first kappa shape index (κ1) is 23.9. The lowest BCUT2D eigenvalue weighted by atomic mass is 9.90. The van der Waals surface area contributed by atoms with Crippen LogP contribution < -0.4 is 0 Å². The average Bonchev–Trinajstić information content (AvgIpc) is 3.01. The van der Waals surface area contributed by atoms with Crippen LogP contribution in [0.1, 0.15) is 65.2 Å². The van der Waals surface area contributed by atoms with Crippen LogP contribution in [0.15, 0.2) is 36.5 Å². The molecule has 0 aromatic rings. The Balaban J connectivity index is 2.53. The van der Waals surface area contributed by atoms with Crippen molar-refractivity contribution in [3.8, 4) is 0 Å². The number of ketones is 1. The van der Waals surface area contributed by atoms with E-state index in [1.54, 1.807) is 6.08 Å². The summed E-state index contributed by atoms with van der Waals surface area (Å²) in [4.78, 5) is 34.6. The molecular weight excluding hydrogens is 356 g/mol. The number of carbonyl (C=O) groups is 3. The van der Waals surface area contributed by atoms with Gasteiger partial charge in [0.25, 0.3) is 0 Å². The van der Waals surface area contributed by atoms with E-state index < -0.39 is 0 Å². The van der Waals surface area contributed by atoms with Crippen molar-refractivity contribution < 1.29 is 23.9 Å². The van der Waals surface area contributed by atoms with E-state index in [2.05, 4.69) is 11.7 Å². The van der Waals surface area contributed by atoms with Crippen LogP contribution in [-0.2, 0) is 23.9 Å². The van der Waals surface area contributed by atoms with Crippen LogP contribution >= 0.6 is 0 Å². The molecule has 5 nitrogen and oxygen atoms in total. The minimum atomic E-state index is -0.282. The number of hydrogen-bond donors (Lipinski definition) is 0. The zero-order valence-electron chi connectivity index (χ0n) is 17.4. The molecule has 0 spiro atoms. The van der Waals surface area contributed by atoms with Crippen LogP contribution in [0.25, 0.3) is 0 Å². The van der Waals surface area contributed by atoms with Crippen molar-refractivity contribution in [3.05, 3.63) is 36.5 Å². The number of carbonyl (C=O) groups excluding carboxylic acids is 3. The van der Waals surface area contributed by atoms with Crippen molar-refractivity contribution in [1.82, 2.24) is 0 Å². The van der Waals surface area contributed by atoms with Crippen molar-refractivity contribution in [3.63, 3.8) is 0 Å². The first-order valence-corrected chi connectivity index (χ1v) is 10.3. The molecule has 5 heteroatoms. The number of ether oxygens (including phenoxy) is 2. The predicted octanol–water partition coefficient (Wildman–Crippen LogP) is 4.72. The fraction of sp³-hybridized carbons (Fsp3) is 0.609. The number of unbranched alkanes of at least 4 members (excludes halogenated alkanes) is 3. The Hall–Kier alpha value is -2.17. The highest BCUT2D eigenvalue weighted by Crippen LogP contribution is 2.28. The molecule has 0 unspecified atom stereocenters. The lowest BCUT2D eigenvalue weighted by Gasteiger charge is -2.16. The van der Waals surface area contributed by atoms with Crippen LogP contribution in [-0.4, -0.2) is 30.9 Å². The quantitative estimate of drug-likeness (QED) is 0.259. The molecule has 28 heavy (non-hydrogen) atoms. The topological polar surface area (TPSA) is 69.7 Å². The zero-order valence-corrected chi connectivity index (χ0v) is 17.4. The zero-order chi connectivity index (χ0) is 20.8. The van der Waals surface area contributed by atoms with Crippen LogP contribution in [0.2, 0.25) is 0 Å². The van der Waals surface area contributed by atoms with E-state index >= 15 is 0 Å². The first-order chi connectivity index (χ1) is 13.5. The standard InChI is InChI=1S/C23H34O5/c1-4-5-8-11-20(28-18(2)24)16-14-19-15-17-22(25)21(19)12-9-6-7-10-13-23(26)27-3/h6,9,14-17,19-21H,4-5,7-8,10-13H2,1-3H3/b9-6+,16-14+/t19-,20+,21-/m1/s1. The third-order valence-electron chi connectivity index (χ3n) is 4.81. The summed E-state index contributed by atoms with van der Waals surface area (Å²) in [6.45, 7) is 3.56. The van der Waals surface area contributed by atoms with E-state index in [-0.39, 0.29) is 35.7 Å². The van der Waals surface area contributed by atoms with Gasteiger partial charge in [-0.25, -0.2) is 0 Å². The molecule has 0 aliphatic heterocycles. The summed E-state index contributed by atoms with van der Waals surface area (Å²) in [5, 5.41) is 0. The number of rotatable bonds is 13. The fourth-order valence-electron chi connectivity index (χ4n) is 3.21. The second-order valence-electron chi connectivity index (χ2n) is 7.15. The number of esters is 2. The van der Waals surface area contributed by atoms with E-state index in [1.165, 1.54) is 14.0 Å². The van der Waals surface area contributed by atoms with Gasteiger partial charge < -0.3 is 9.47 Å². The van der Waals surface area contributed by atoms with E-state index in [0.717, 1.165) is 38.5 Å². The van der Waals surface area contributed by atoms with E-state index in [0.29, 0.717) is 12.8 Å². The van der Waals surface area contributed by atoms with E-state index in [1.807, 2.05) is 30.4 Å². The van der Waals surface area contributed by atoms with Crippen molar-refractivity contribution in [2.75, 3.05) is 7.11 Å². The monoisotopic (exact) mass is 390 g/mol. The Morgan fingerprint density at radius 3 is 2.68 bits per heavy atom. The second-order valence-corrected chi connectivity index (χ2v) is 7.15. The maximum Gasteiger partial charge on any atom is 0.305 e. The minimum absolute atomic E-state index is 0.0245. The van der Waals surface area contributed by atoms with Gasteiger partial charge in [0.2, 0.25) is 0 Å². The van der Waals surface area contributed by atoms with Gasteiger partial charge in [0.15, 0.2) is 5.78 Å². The SMILES string of the molecule is CCCCC[C@@H](/C=C/[C@@H]1C=CC(=O)[C@@H]1C/C=C/CCCC(=O)OC)OC(C)=O. The predicted molar refractivity (Wildman–Crippen MR) is 110 cm³/mol. The van der Waals surface area contributed by atoms with Gasteiger partial charge >= 0.3 is 11.9 Å². The molecule has 0 heterocycles. The van der Waals surface area contributed by atoms with Crippen molar-refractivity contribution in [2.24, 2.45) is 11.8 Å². The normalized spacial score (nSPS) is 20.2. The Labute approximate surface area is 168 Å². The van der Waals surface area contributed by atoms with E-state index in [9.17, 15) is 14.4 Å². The summed E-state index contributed by atoms with van der Waals surface area (Å²) >= 11 is 0. The number of hydrogen-bond acceptors (Lipinski definition) is 5. The molecular formula is C23H34O5. The van der Waals surface area contributed by atoms with Gasteiger partial charge in [-0.2, -0.15) is 0 Å². The van der Waals surface area contributed by atoms with Gasteiger partial charge in [0.1, 0.15) is 6.10 Å². The maximum absolute atomic E-state index is 12.2. The van der Waals surface area contributed by atoms with Gasteiger partial charge in [0, 0.05) is 25.2 Å². The van der Waals surface area contributed by atoms with Gasteiger partial charge in [-0.15, -0.1) is 0 Å². The highest BCUT2D eigenvalue weighted by atomic mass is 16.5. The fourth-order valence-corrected chi connectivity index (χ4v) is 3.21. The molecule has 0 amide bonds. The number of methoxy groups -OCH3 is 1. The second kappa shape index (κ2) is 13.9. The van der Waals surface area contributed by atoms with Gasteiger partial charge in [-0.3, -0.25) is 14.4 Å². The summed E-state index contributed by atoms with van der Waals surface area (Å²) in [6, 6.07) is 0. The van der Waals surface area contributed by atoms with Gasteiger partial charge in [0.05, 0.1) is 7.11 Å². The lowest BCUT2D eigenvalue weighted by Crippen LogP contribution is -2.16. The van der Waals surface area contributed by atoms with Crippen LogP contribution in [0.3, 0.4) is 0 Å². The molecule has 3 atom stereocenters. The molecule has 0 bridgehead atoms. The van der Waals surface area contributed by atoms with E-state index in [4.69, 9.17) is 4.74 Å². The summed E-state index contributed by atoms with van der Waals surface area (Å²) in [6.07, 6.45) is 17.9. The minimum Gasteiger partial charge on any atom is -0.469 e. The van der Waals surface area contributed by atoms with Crippen molar-refractivity contribution >= 4 is 17.7 Å².